The fraction of sp³-hybridized carbons (Fsp3) is 0.500. The van der Waals surface area contributed by atoms with Crippen molar-refractivity contribution < 1.29 is 0 Å². The van der Waals surface area contributed by atoms with Gasteiger partial charge < -0.3 is 0 Å². The molecule has 1 saturated carbocycles. The Kier molecular flexibility index (Phi) is 3.44. The Balaban J connectivity index is 1.93. The van der Waals surface area contributed by atoms with E-state index in [1.54, 1.807) is 0 Å². The summed E-state index contributed by atoms with van der Waals surface area (Å²) in [6.07, 6.45) is 2.70. The second-order valence-electron chi connectivity index (χ2n) is 3.88. The number of nitrogens with zero attached hydrogens (tertiary/aromatic N) is 1. The topological polar surface area (TPSA) is 3.24 Å². The molecule has 2 rings (SSSR count). The molecule has 76 valence electrons. The van der Waals surface area contributed by atoms with Crippen LogP contribution in [0.5, 0.6) is 0 Å². The first-order chi connectivity index (χ1) is 6.90. The maximum atomic E-state index is 5.79. The number of rotatable bonds is 5. The molecule has 0 unspecified atom stereocenters. The molecule has 0 N–H and O–H groups in total. The van der Waals surface area contributed by atoms with Crippen molar-refractivity contribution in [2.45, 2.75) is 25.4 Å². The van der Waals surface area contributed by atoms with Gasteiger partial charge in [0.1, 0.15) is 0 Å². The summed E-state index contributed by atoms with van der Waals surface area (Å²) in [6, 6.07) is 11.4. The third-order valence-corrected chi connectivity index (χ3v) is 2.83. The zero-order chi connectivity index (χ0) is 9.80. The van der Waals surface area contributed by atoms with Crippen LogP contribution in [0.1, 0.15) is 18.4 Å². The molecule has 0 saturated heterocycles. The lowest BCUT2D eigenvalue weighted by Crippen LogP contribution is -2.27. The van der Waals surface area contributed by atoms with E-state index in [0.29, 0.717) is 0 Å². The molecular weight excluding hydrogens is 194 g/mol. The molecule has 1 nitrogen and oxygen atoms in total. The summed E-state index contributed by atoms with van der Waals surface area (Å²) < 4.78 is 0. The molecule has 0 heterocycles. The van der Waals surface area contributed by atoms with Crippen molar-refractivity contribution in [2.75, 3.05) is 12.4 Å². The van der Waals surface area contributed by atoms with Crippen molar-refractivity contribution in [3.63, 3.8) is 0 Å². The molecule has 2 heteroatoms. The monoisotopic (exact) mass is 209 g/mol. The number of hydrogen-bond donors (Lipinski definition) is 0. The second-order valence-corrected chi connectivity index (χ2v) is 4.25. The zero-order valence-corrected chi connectivity index (χ0v) is 9.08. The largest absolute Gasteiger partial charge is 0.295 e. The van der Waals surface area contributed by atoms with Gasteiger partial charge in [0.15, 0.2) is 0 Å². The fourth-order valence-corrected chi connectivity index (χ4v) is 1.97. The highest BCUT2D eigenvalue weighted by atomic mass is 35.5. The number of hydrogen-bond acceptors (Lipinski definition) is 1. The predicted octanol–water partition coefficient (Wildman–Crippen LogP) is 2.89. The Bertz CT molecular complexity index is 269. The molecule has 0 atom stereocenters. The van der Waals surface area contributed by atoms with E-state index in [-0.39, 0.29) is 0 Å². The maximum Gasteiger partial charge on any atom is 0.0351 e. The minimum absolute atomic E-state index is 0.739. The smallest absolute Gasteiger partial charge is 0.0351 e. The Morgan fingerprint density at radius 3 is 2.50 bits per heavy atom. The molecule has 1 fully saturated rings. The molecule has 1 aliphatic rings. The predicted molar refractivity (Wildman–Crippen MR) is 60.6 cm³/mol. The Morgan fingerprint density at radius 2 is 1.93 bits per heavy atom. The number of alkyl halides is 1. The Labute approximate surface area is 90.7 Å². The first kappa shape index (κ1) is 10.0. The van der Waals surface area contributed by atoms with Gasteiger partial charge in [0.2, 0.25) is 0 Å². The second kappa shape index (κ2) is 4.81. The lowest BCUT2D eigenvalue weighted by molar-refractivity contribution is 0.271. The van der Waals surface area contributed by atoms with E-state index in [0.717, 1.165) is 25.0 Å². The van der Waals surface area contributed by atoms with Gasteiger partial charge in [0.25, 0.3) is 0 Å². The standard InChI is InChI=1S/C12H16ClN/c13-8-9-14(12-6-7-12)10-11-4-2-1-3-5-11/h1-5,12H,6-10H2. The number of halogens is 1. The highest BCUT2D eigenvalue weighted by Crippen LogP contribution is 2.27. The molecule has 1 aromatic carbocycles. The van der Waals surface area contributed by atoms with Gasteiger partial charge in [0.05, 0.1) is 0 Å². The molecular formula is C12H16ClN. The molecule has 14 heavy (non-hydrogen) atoms. The van der Waals surface area contributed by atoms with Crippen LogP contribution >= 0.6 is 11.6 Å². The van der Waals surface area contributed by atoms with Crippen molar-refractivity contribution >= 4 is 11.6 Å². The quantitative estimate of drug-likeness (QED) is 0.675. The Morgan fingerprint density at radius 1 is 1.21 bits per heavy atom. The van der Waals surface area contributed by atoms with E-state index in [4.69, 9.17) is 11.6 Å². The van der Waals surface area contributed by atoms with E-state index < -0.39 is 0 Å². The van der Waals surface area contributed by atoms with Crippen molar-refractivity contribution in [1.29, 1.82) is 0 Å². The molecule has 1 aliphatic carbocycles. The van der Waals surface area contributed by atoms with Gasteiger partial charge in [-0.15, -0.1) is 11.6 Å². The third-order valence-electron chi connectivity index (χ3n) is 2.66. The molecule has 0 bridgehead atoms. The molecule has 1 aromatic rings. The van der Waals surface area contributed by atoms with Crippen LogP contribution in [0.15, 0.2) is 30.3 Å². The molecule has 0 amide bonds. The van der Waals surface area contributed by atoms with Crippen LogP contribution in [0.25, 0.3) is 0 Å². The lowest BCUT2D eigenvalue weighted by atomic mass is 10.2. The normalized spacial score (nSPS) is 16.1. The molecule has 0 spiro atoms. The SMILES string of the molecule is ClCCN(Cc1ccccc1)C1CC1. The van der Waals surface area contributed by atoms with Crippen molar-refractivity contribution in [3.8, 4) is 0 Å². The van der Waals surface area contributed by atoms with Crippen LogP contribution in [0, 0.1) is 0 Å². The lowest BCUT2D eigenvalue weighted by Gasteiger charge is -2.20. The summed E-state index contributed by atoms with van der Waals surface area (Å²) in [5.74, 6) is 0.739. The maximum absolute atomic E-state index is 5.79. The summed E-state index contributed by atoms with van der Waals surface area (Å²) in [5, 5.41) is 0. The summed E-state index contributed by atoms with van der Waals surface area (Å²) in [4.78, 5) is 2.49. The van der Waals surface area contributed by atoms with Gasteiger partial charge in [-0.2, -0.15) is 0 Å². The molecule has 0 radical (unpaired) electrons. The highest BCUT2D eigenvalue weighted by Gasteiger charge is 2.28. The zero-order valence-electron chi connectivity index (χ0n) is 8.32. The van der Waals surface area contributed by atoms with Crippen molar-refractivity contribution in [2.24, 2.45) is 0 Å². The van der Waals surface area contributed by atoms with Gasteiger partial charge in [0, 0.05) is 25.0 Å². The average Bonchev–Trinajstić information content (AvgIpc) is 3.02. The fourth-order valence-electron chi connectivity index (χ4n) is 1.76. The highest BCUT2D eigenvalue weighted by molar-refractivity contribution is 6.18. The van der Waals surface area contributed by atoms with E-state index in [2.05, 4.69) is 35.2 Å². The first-order valence-electron chi connectivity index (χ1n) is 5.24. The van der Waals surface area contributed by atoms with Gasteiger partial charge in [-0.25, -0.2) is 0 Å². The van der Waals surface area contributed by atoms with Crippen LogP contribution in [-0.4, -0.2) is 23.4 Å². The Hall–Kier alpha value is -0.530. The van der Waals surface area contributed by atoms with Gasteiger partial charge in [-0.05, 0) is 18.4 Å². The van der Waals surface area contributed by atoms with E-state index in [1.807, 2.05) is 0 Å². The summed E-state index contributed by atoms with van der Waals surface area (Å²) in [6.45, 7) is 2.07. The molecule has 0 aliphatic heterocycles. The number of benzene rings is 1. The molecule has 0 aromatic heterocycles. The van der Waals surface area contributed by atoms with E-state index >= 15 is 0 Å². The summed E-state index contributed by atoms with van der Waals surface area (Å²) in [7, 11) is 0. The van der Waals surface area contributed by atoms with Crippen LogP contribution in [0.4, 0.5) is 0 Å². The van der Waals surface area contributed by atoms with Crippen molar-refractivity contribution in [3.05, 3.63) is 35.9 Å². The van der Waals surface area contributed by atoms with E-state index in [9.17, 15) is 0 Å². The van der Waals surface area contributed by atoms with Gasteiger partial charge in [-0.1, -0.05) is 30.3 Å². The van der Waals surface area contributed by atoms with Gasteiger partial charge >= 0.3 is 0 Å². The first-order valence-corrected chi connectivity index (χ1v) is 5.77. The minimum atomic E-state index is 0.739. The third kappa shape index (κ3) is 2.73. The summed E-state index contributed by atoms with van der Waals surface area (Å²) in [5.41, 5.74) is 1.39. The van der Waals surface area contributed by atoms with Crippen LogP contribution < -0.4 is 0 Å². The average molecular weight is 210 g/mol. The van der Waals surface area contributed by atoms with Gasteiger partial charge in [-0.3, -0.25) is 4.90 Å². The minimum Gasteiger partial charge on any atom is -0.295 e. The van der Waals surface area contributed by atoms with Crippen LogP contribution in [0.3, 0.4) is 0 Å². The van der Waals surface area contributed by atoms with E-state index in [1.165, 1.54) is 18.4 Å². The van der Waals surface area contributed by atoms with Crippen molar-refractivity contribution in [1.82, 2.24) is 4.90 Å². The summed E-state index contributed by atoms with van der Waals surface area (Å²) >= 11 is 5.79. The van der Waals surface area contributed by atoms with Crippen LogP contribution in [-0.2, 0) is 6.54 Å². The van der Waals surface area contributed by atoms with Crippen LogP contribution in [0.2, 0.25) is 0 Å².